The molecule has 0 spiro atoms. The molecule has 0 aromatic carbocycles. The summed E-state index contributed by atoms with van der Waals surface area (Å²) in [7, 11) is 1.31. The van der Waals surface area contributed by atoms with Crippen LogP contribution >= 0.6 is 11.6 Å². The monoisotopic (exact) mass is 345 g/mol. The average Bonchev–Trinajstić information content (AvgIpc) is 2.53. The summed E-state index contributed by atoms with van der Waals surface area (Å²) in [5.74, 6) is 0.269. The minimum absolute atomic E-state index is 0.0936. The van der Waals surface area contributed by atoms with E-state index in [-0.39, 0.29) is 18.5 Å². The normalized spacial score (nSPS) is 12.1. The van der Waals surface area contributed by atoms with Gasteiger partial charge >= 0.3 is 6.09 Å². The van der Waals surface area contributed by atoms with Gasteiger partial charge in [-0.1, -0.05) is 25.4 Å². The van der Waals surface area contributed by atoms with E-state index in [4.69, 9.17) is 16.3 Å². The van der Waals surface area contributed by atoms with E-state index < -0.39 is 12.2 Å². The van der Waals surface area contributed by atoms with Gasteiger partial charge in [-0.3, -0.25) is 0 Å². The van der Waals surface area contributed by atoms with Crippen molar-refractivity contribution in [1.82, 2.24) is 15.6 Å². The number of aromatic nitrogens is 1. The number of pyridine rings is 1. The summed E-state index contributed by atoms with van der Waals surface area (Å²) in [6.07, 6.45) is 0.949. The Kier molecular flexibility index (Phi) is 8.68. The van der Waals surface area contributed by atoms with Crippen molar-refractivity contribution in [2.45, 2.75) is 32.4 Å². The smallest absolute Gasteiger partial charge is 0.406 e. The van der Waals surface area contributed by atoms with Gasteiger partial charge in [0.15, 0.2) is 0 Å². The number of alkyl carbamates (subject to hydrolysis) is 1. The largest absolute Gasteiger partial charge is 0.474 e. The lowest BCUT2D eigenvalue weighted by Gasteiger charge is -2.15. The Morgan fingerprint density at radius 2 is 2.22 bits per heavy atom. The van der Waals surface area contributed by atoms with Crippen LogP contribution in [0.4, 0.5) is 4.79 Å². The molecule has 0 radical (unpaired) electrons. The minimum atomic E-state index is -0.653. The molecule has 1 amide bonds. The first-order valence-electron chi connectivity index (χ1n) is 7.43. The summed E-state index contributed by atoms with van der Waals surface area (Å²) in [5, 5.41) is 15.9. The number of ether oxygens (including phenoxy) is 2. The summed E-state index contributed by atoms with van der Waals surface area (Å²) in [4.78, 5) is 15.1. The number of rotatable bonds is 9. The van der Waals surface area contributed by atoms with E-state index in [0.717, 1.165) is 5.56 Å². The molecule has 0 saturated heterocycles. The lowest BCUT2D eigenvalue weighted by atomic mass is 10.2. The Balaban J connectivity index is 2.50. The summed E-state index contributed by atoms with van der Waals surface area (Å²) in [6.45, 7) is 4.90. The quantitative estimate of drug-likeness (QED) is 0.626. The fourth-order valence-electron chi connectivity index (χ4n) is 1.73. The van der Waals surface area contributed by atoms with Crippen LogP contribution in [0.3, 0.4) is 0 Å². The molecule has 1 unspecified atom stereocenters. The number of carbonyl (C=O) groups is 1. The van der Waals surface area contributed by atoms with Crippen LogP contribution in [0.25, 0.3) is 0 Å². The molecule has 23 heavy (non-hydrogen) atoms. The Morgan fingerprint density at radius 3 is 2.87 bits per heavy atom. The van der Waals surface area contributed by atoms with Crippen LogP contribution in [0, 0.1) is 0 Å². The van der Waals surface area contributed by atoms with Crippen LogP contribution in [0.5, 0.6) is 5.88 Å². The van der Waals surface area contributed by atoms with Gasteiger partial charge < -0.3 is 25.2 Å². The minimum Gasteiger partial charge on any atom is -0.474 e. The van der Waals surface area contributed by atoms with E-state index >= 15 is 0 Å². The van der Waals surface area contributed by atoms with Gasteiger partial charge in [0.2, 0.25) is 5.88 Å². The third kappa shape index (κ3) is 7.49. The number of aliphatic hydroxyl groups excluding tert-OH is 1. The highest BCUT2D eigenvalue weighted by Gasteiger charge is 2.12. The maximum Gasteiger partial charge on any atom is 0.406 e. The van der Waals surface area contributed by atoms with Gasteiger partial charge in [-0.2, -0.15) is 0 Å². The number of hydrogen-bond acceptors (Lipinski definition) is 6. The molecular weight excluding hydrogens is 322 g/mol. The summed E-state index contributed by atoms with van der Waals surface area (Å²) in [6, 6.07) is 2.04. The van der Waals surface area contributed by atoms with E-state index in [1.54, 1.807) is 12.3 Å². The SMILES string of the molecule is COC(=O)NCCc1ccnc(OCC(O)CNC(C)C)c1Cl. The maximum atomic E-state index is 11.0. The highest BCUT2D eigenvalue weighted by atomic mass is 35.5. The molecule has 7 nitrogen and oxygen atoms in total. The van der Waals surface area contributed by atoms with E-state index in [0.29, 0.717) is 24.5 Å². The van der Waals surface area contributed by atoms with Gasteiger partial charge in [-0.05, 0) is 18.1 Å². The van der Waals surface area contributed by atoms with Crippen LogP contribution < -0.4 is 15.4 Å². The predicted molar refractivity (Wildman–Crippen MR) is 88.0 cm³/mol. The predicted octanol–water partition coefficient (Wildman–Crippen LogP) is 1.37. The molecule has 0 bridgehead atoms. The summed E-state index contributed by atoms with van der Waals surface area (Å²) in [5.41, 5.74) is 0.794. The fraction of sp³-hybridized carbons (Fsp3) is 0.600. The van der Waals surface area contributed by atoms with Crippen LogP contribution in [0.2, 0.25) is 5.02 Å². The van der Waals surface area contributed by atoms with E-state index in [1.165, 1.54) is 7.11 Å². The van der Waals surface area contributed by atoms with E-state index in [1.807, 2.05) is 13.8 Å². The van der Waals surface area contributed by atoms with Crippen molar-refractivity contribution < 1.29 is 19.4 Å². The molecule has 0 aliphatic carbocycles. The first kappa shape index (κ1) is 19.5. The van der Waals surface area contributed by atoms with Crippen molar-refractivity contribution >= 4 is 17.7 Å². The highest BCUT2D eigenvalue weighted by Crippen LogP contribution is 2.25. The Morgan fingerprint density at radius 1 is 1.48 bits per heavy atom. The Bertz CT molecular complexity index is 500. The first-order valence-corrected chi connectivity index (χ1v) is 7.81. The molecule has 1 aromatic heterocycles. The Labute approximate surface area is 141 Å². The van der Waals surface area contributed by atoms with Crippen molar-refractivity contribution in [3.05, 3.63) is 22.8 Å². The molecule has 0 saturated carbocycles. The molecule has 1 atom stereocenters. The zero-order chi connectivity index (χ0) is 17.2. The van der Waals surface area contributed by atoms with Crippen LogP contribution in [-0.4, -0.2) is 55.1 Å². The van der Waals surface area contributed by atoms with Gasteiger partial charge in [-0.25, -0.2) is 9.78 Å². The second kappa shape index (κ2) is 10.3. The van der Waals surface area contributed by atoms with Gasteiger partial charge in [-0.15, -0.1) is 0 Å². The van der Waals surface area contributed by atoms with Crippen molar-refractivity contribution in [2.24, 2.45) is 0 Å². The molecule has 1 aromatic rings. The number of amides is 1. The van der Waals surface area contributed by atoms with Crippen LogP contribution in [0.1, 0.15) is 19.4 Å². The number of methoxy groups -OCH3 is 1. The molecule has 8 heteroatoms. The molecule has 3 N–H and O–H groups in total. The number of carbonyl (C=O) groups excluding carboxylic acids is 1. The van der Waals surface area contributed by atoms with Gasteiger partial charge in [0, 0.05) is 25.3 Å². The second-order valence-corrected chi connectivity index (χ2v) is 5.66. The Hall–Kier alpha value is -1.57. The number of nitrogens with zero attached hydrogens (tertiary/aromatic N) is 1. The third-order valence-electron chi connectivity index (χ3n) is 2.96. The zero-order valence-corrected chi connectivity index (χ0v) is 14.4. The third-order valence-corrected chi connectivity index (χ3v) is 3.36. The molecule has 0 fully saturated rings. The lowest BCUT2D eigenvalue weighted by molar-refractivity contribution is 0.102. The number of nitrogens with one attached hydrogen (secondary N) is 2. The molecular formula is C15H24ClN3O4. The highest BCUT2D eigenvalue weighted by molar-refractivity contribution is 6.32. The first-order chi connectivity index (χ1) is 10.9. The van der Waals surface area contributed by atoms with Crippen molar-refractivity contribution in [2.75, 3.05) is 26.8 Å². The molecule has 130 valence electrons. The van der Waals surface area contributed by atoms with Gasteiger partial charge in [0.25, 0.3) is 0 Å². The van der Waals surface area contributed by atoms with Crippen LogP contribution in [-0.2, 0) is 11.2 Å². The van der Waals surface area contributed by atoms with Crippen molar-refractivity contribution in [1.29, 1.82) is 0 Å². The summed E-state index contributed by atoms with van der Waals surface area (Å²) < 4.78 is 9.97. The molecule has 1 heterocycles. The van der Waals surface area contributed by atoms with E-state index in [2.05, 4.69) is 20.4 Å². The number of hydrogen-bond donors (Lipinski definition) is 3. The zero-order valence-electron chi connectivity index (χ0n) is 13.6. The number of aliphatic hydroxyl groups is 1. The number of halogens is 1. The fourth-order valence-corrected chi connectivity index (χ4v) is 1.99. The molecule has 0 aliphatic heterocycles. The van der Waals surface area contributed by atoms with Crippen molar-refractivity contribution in [3.8, 4) is 5.88 Å². The van der Waals surface area contributed by atoms with E-state index in [9.17, 15) is 9.90 Å². The topological polar surface area (TPSA) is 92.7 Å². The van der Waals surface area contributed by atoms with Crippen LogP contribution in [0.15, 0.2) is 12.3 Å². The summed E-state index contributed by atoms with van der Waals surface area (Å²) >= 11 is 6.24. The second-order valence-electron chi connectivity index (χ2n) is 5.29. The maximum absolute atomic E-state index is 11.0. The van der Waals surface area contributed by atoms with Gasteiger partial charge in [0.05, 0.1) is 7.11 Å². The molecule has 1 rings (SSSR count). The standard InChI is InChI=1S/C15H24ClN3O4/c1-10(2)19-8-12(20)9-23-14-13(16)11(4-6-17-14)5-7-18-15(21)22-3/h4,6,10,12,19-20H,5,7-9H2,1-3H3,(H,18,21). The van der Waals surface area contributed by atoms with Crippen molar-refractivity contribution in [3.63, 3.8) is 0 Å². The van der Waals surface area contributed by atoms with Gasteiger partial charge in [0.1, 0.15) is 17.7 Å². The average molecular weight is 346 g/mol. The molecule has 0 aliphatic rings. The lowest BCUT2D eigenvalue weighted by Crippen LogP contribution is -2.35.